The zero-order valence-corrected chi connectivity index (χ0v) is 17.8. The molecule has 0 bridgehead atoms. The molecule has 0 aliphatic carbocycles. The molecule has 0 saturated heterocycles. The van der Waals surface area contributed by atoms with E-state index in [0.29, 0.717) is 17.2 Å². The van der Waals surface area contributed by atoms with Gasteiger partial charge in [0.05, 0.1) is 30.7 Å². The van der Waals surface area contributed by atoms with Crippen LogP contribution < -0.4 is 14.4 Å². The Bertz CT molecular complexity index is 908. The van der Waals surface area contributed by atoms with Gasteiger partial charge >= 0.3 is 0 Å². The number of carbonyl (C=O) groups excluding carboxylic acids is 1. The predicted molar refractivity (Wildman–Crippen MR) is 112 cm³/mol. The molecule has 2 aromatic rings. The van der Waals surface area contributed by atoms with Crippen molar-refractivity contribution >= 4 is 21.6 Å². The molecule has 1 amide bonds. The minimum atomic E-state index is -3.48. The number of hydrogen-bond donors (Lipinski definition) is 1. The highest BCUT2D eigenvalue weighted by Gasteiger charge is 2.22. The zero-order chi connectivity index (χ0) is 20.9. The summed E-state index contributed by atoms with van der Waals surface area (Å²) >= 11 is 0. The lowest BCUT2D eigenvalue weighted by Gasteiger charge is -2.24. The Kier molecular flexibility index (Phi) is 7.07. The van der Waals surface area contributed by atoms with Crippen LogP contribution in [0.2, 0.25) is 0 Å². The van der Waals surface area contributed by atoms with Gasteiger partial charge in [-0.3, -0.25) is 9.10 Å². The summed E-state index contributed by atoms with van der Waals surface area (Å²) in [5.41, 5.74) is 1.63. The van der Waals surface area contributed by atoms with Crippen molar-refractivity contribution in [2.24, 2.45) is 5.92 Å². The molecule has 0 heterocycles. The fourth-order valence-corrected chi connectivity index (χ4v) is 3.46. The highest BCUT2D eigenvalue weighted by molar-refractivity contribution is 7.92. The molecule has 6 nitrogen and oxygen atoms in total. The van der Waals surface area contributed by atoms with Gasteiger partial charge in [0.15, 0.2) is 0 Å². The van der Waals surface area contributed by atoms with E-state index in [0.717, 1.165) is 28.3 Å². The molecule has 1 atom stereocenters. The zero-order valence-electron chi connectivity index (χ0n) is 17.0. The number of sulfonamides is 1. The van der Waals surface area contributed by atoms with E-state index in [-0.39, 0.29) is 11.9 Å². The van der Waals surface area contributed by atoms with Crippen LogP contribution in [0.1, 0.15) is 42.2 Å². The summed E-state index contributed by atoms with van der Waals surface area (Å²) in [5, 5.41) is 3.06. The molecule has 28 heavy (non-hydrogen) atoms. The van der Waals surface area contributed by atoms with E-state index < -0.39 is 10.0 Å². The van der Waals surface area contributed by atoms with Crippen molar-refractivity contribution < 1.29 is 17.9 Å². The van der Waals surface area contributed by atoms with E-state index >= 15 is 0 Å². The Morgan fingerprint density at radius 2 is 1.71 bits per heavy atom. The highest BCUT2D eigenvalue weighted by Crippen LogP contribution is 2.26. The van der Waals surface area contributed by atoms with Crippen LogP contribution in [0.25, 0.3) is 0 Å². The van der Waals surface area contributed by atoms with Crippen LogP contribution in [0.15, 0.2) is 48.5 Å². The van der Waals surface area contributed by atoms with Gasteiger partial charge in [0.1, 0.15) is 5.75 Å². The Morgan fingerprint density at radius 1 is 1.11 bits per heavy atom. The van der Waals surface area contributed by atoms with Crippen molar-refractivity contribution in [1.29, 1.82) is 0 Å². The van der Waals surface area contributed by atoms with Crippen molar-refractivity contribution in [3.05, 3.63) is 59.7 Å². The van der Waals surface area contributed by atoms with Gasteiger partial charge in [-0.2, -0.15) is 0 Å². The summed E-state index contributed by atoms with van der Waals surface area (Å²) in [6.07, 6.45) is 1.86. The number of anilines is 1. The van der Waals surface area contributed by atoms with Crippen molar-refractivity contribution in [2.75, 3.05) is 24.7 Å². The molecule has 152 valence electrons. The molecule has 0 fully saturated rings. The van der Waals surface area contributed by atoms with Crippen molar-refractivity contribution in [1.82, 2.24) is 5.32 Å². The van der Waals surface area contributed by atoms with Crippen LogP contribution in [0.4, 0.5) is 5.69 Å². The van der Waals surface area contributed by atoms with Gasteiger partial charge in [0, 0.05) is 7.05 Å². The number of hydrogen-bond acceptors (Lipinski definition) is 4. The number of nitrogens with one attached hydrogen (secondary N) is 1. The molecular weight excluding hydrogens is 376 g/mol. The first-order valence-electron chi connectivity index (χ1n) is 9.11. The Morgan fingerprint density at radius 3 is 2.25 bits per heavy atom. The molecule has 0 radical (unpaired) electrons. The molecule has 7 heteroatoms. The van der Waals surface area contributed by atoms with Crippen molar-refractivity contribution in [3.63, 3.8) is 0 Å². The van der Waals surface area contributed by atoms with Gasteiger partial charge in [-0.15, -0.1) is 0 Å². The second kappa shape index (κ2) is 9.10. The van der Waals surface area contributed by atoms with Crippen LogP contribution in [0.5, 0.6) is 5.75 Å². The number of benzene rings is 2. The van der Waals surface area contributed by atoms with Crippen LogP contribution in [-0.4, -0.2) is 34.7 Å². The first kappa shape index (κ1) is 21.8. The number of para-hydroxylation sites is 1. The largest absolute Gasteiger partial charge is 0.497 e. The first-order chi connectivity index (χ1) is 13.1. The standard InChI is InChI=1S/C21H28N2O4S/c1-15(2)14-19(16-10-12-17(27-4)13-11-16)22-21(24)18-8-6-7-9-20(18)23(3)28(5,25)26/h6-13,15,19H,14H2,1-5H3,(H,22,24). The summed E-state index contributed by atoms with van der Waals surface area (Å²) < 4.78 is 30.2. The van der Waals surface area contributed by atoms with Crippen LogP contribution in [0, 0.1) is 5.92 Å². The maximum absolute atomic E-state index is 13.0. The third kappa shape index (κ3) is 5.48. The van der Waals surface area contributed by atoms with Gasteiger partial charge in [-0.05, 0) is 42.2 Å². The minimum absolute atomic E-state index is 0.199. The van der Waals surface area contributed by atoms with E-state index in [9.17, 15) is 13.2 Å². The third-order valence-corrected chi connectivity index (χ3v) is 5.71. The molecule has 2 aromatic carbocycles. The average Bonchev–Trinajstić information content (AvgIpc) is 2.65. The van der Waals surface area contributed by atoms with Crippen molar-refractivity contribution in [2.45, 2.75) is 26.3 Å². The van der Waals surface area contributed by atoms with E-state index in [2.05, 4.69) is 19.2 Å². The maximum atomic E-state index is 13.0. The maximum Gasteiger partial charge on any atom is 0.253 e. The Balaban J connectivity index is 2.33. The third-order valence-electron chi connectivity index (χ3n) is 4.52. The molecule has 0 aromatic heterocycles. The number of carbonyl (C=O) groups is 1. The second-order valence-corrected chi connectivity index (χ2v) is 9.19. The fourth-order valence-electron chi connectivity index (χ4n) is 2.94. The van der Waals surface area contributed by atoms with Gasteiger partial charge in [0.2, 0.25) is 10.0 Å². The van der Waals surface area contributed by atoms with Gasteiger partial charge in [-0.1, -0.05) is 38.1 Å². The van der Waals surface area contributed by atoms with E-state index in [4.69, 9.17) is 4.74 Å². The van der Waals surface area contributed by atoms with Crippen molar-refractivity contribution in [3.8, 4) is 5.75 Å². The predicted octanol–water partition coefficient (Wildman–Crippen LogP) is 3.61. The number of ether oxygens (including phenoxy) is 1. The second-order valence-electron chi connectivity index (χ2n) is 7.18. The summed E-state index contributed by atoms with van der Waals surface area (Å²) in [7, 11) is -0.430. The van der Waals surface area contributed by atoms with E-state index in [1.165, 1.54) is 7.05 Å². The van der Waals surface area contributed by atoms with Gasteiger partial charge in [-0.25, -0.2) is 8.42 Å². The molecule has 0 spiro atoms. The summed E-state index contributed by atoms with van der Waals surface area (Å²) in [5.74, 6) is 0.799. The number of nitrogens with zero attached hydrogens (tertiary/aromatic N) is 1. The van der Waals surface area contributed by atoms with Crippen LogP contribution in [0.3, 0.4) is 0 Å². The molecule has 1 N–H and O–H groups in total. The Labute approximate surface area is 167 Å². The molecule has 0 saturated carbocycles. The first-order valence-corrected chi connectivity index (χ1v) is 11.0. The van der Waals surface area contributed by atoms with Crippen LogP contribution >= 0.6 is 0 Å². The lowest BCUT2D eigenvalue weighted by atomic mass is 9.96. The highest BCUT2D eigenvalue weighted by atomic mass is 32.2. The summed E-state index contributed by atoms with van der Waals surface area (Å²) in [4.78, 5) is 13.0. The van der Waals surface area contributed by atoms with E-state index in [1.807, 2.05) is 24.3 Å². The van der Waals surface area contributed by atoms with Gasteiger partial charge < -0.3 is 10.1 Å². The SMILES string of the molecule is COc1ccc(C(CC(C)C)NC(=O)c2ccccc2N(C)S(C)(=O)=O)cc1. The number of methoxy groups -OCH3 is 1. The molecule has 1 unspecified atom stereocenters. The topological polar surface area (TPSA) is 75.7 Å². The van der Waals surface area contributed by atoms with Crippen LogP contribution in [-0.2, 0) is 10.0 Å². The smallest absolute Gasteiger partial charge is 0.253 e. The molecule has 2 rings (SSSR count). The normalized spacial score (nSPS) is 12.5. The number of amides is 1. The minimum Gasteiger partial charge on any atom is -0.497 e. The molecule has 0 aliphatic rings. The quantitative estimate of drug-likeness (QED) is 0.729. The summed E-state index contributed by atoms with van der Waals surface area (Å²) in [6.45, 7) is 4.18. The lowest BCUT2D eigenvalue weighted by Crippen LogP contribution is -2.32. The lowest BCUT2D eigenvalue weighted by molar-refractivity contribution is 0.0932. The Hall–Kier alpha value is -2.54. The summed E-state index contributed by atoms with van der Waals surface area (Å²) in [6, 6.07) is 14.1. The fraction of sp³-hybridized carbons (Fsp3) is 0.381. The number of rotatable bonds is 8. The van der Waals surface area contributed by atoms with E-state index in [1.54, 1.807) is 31.4 Å². The molecule has 0 aliphatic heterocycles. The monoisotopic (exact) mass is 404 g/mol. The average molecular weight is 405 g/mol. The molecular formula is C21H28N2O4S. The van der Waals surface area contributed by atoms with Gasteiger partial charge in [0.25, 0.3) is 5.91 Å².